The maximum atomic E-state index is 5.50. The van der Waals surface area contributed by atoms with E-state index in [9.17, 15) is 0 Å². The maximum absolute atomic E-state index is 5.50. The minimum Gasteiger partial charge on any atom is -0.337 e. The van der Waals surface area contributed by atoms with Gasteiger partial charge >= 0.3 is 0 Å². The highest BCUT2D eigenvalue weighted by molar-refractivity contribution is 4.73. The molecule has 0 atom stereocenters. The van der Waals surface area contributed by atoms with Crippen molar-refractivity contribution < 1.29 is 0 Å². The minimum absolute atomic E-state index is 0.790. The van der Waals surface area contributed by atoms with E-state index in [0.717, 1.165) is 39.1 Å². The average molecular weight is 210 g/mol. The third kappa shape index (κ3) is 4.95. The molecule has 0 aliphatic rings. The van der Waals surface area contributed by atoms with E-state index in [2.05, 4.69) is 21.4 Å². The topological polar surface area (TPSA) is 47.1 Å². The molecule has 1 heterocycles. The zero-order valence-electron chi connectivity index (χ0n) is 9.60. The van der Waals surface area contributed by atoms with Crippen LogP contribution in [0.4, 0.5) is 0 Å². The predicted octanol–water partition coefficient (Wildman–Crippen LogP) is 0.944. The van der Waals surface area contributed by atoms with Crippen molar-refractivity contribution in [1.29, 1.82) is 0 Å². The second kappa shape index (κ2) is 7.43. The summed E-state index contributed by atoms with van der Waals surface area (Å²) >= 11 is 0. The van der Waals surface area contributed by atoms with Gasteiger partial charge in [0.25, 0.3) is 0 Å². The van der Waals surface area contributed by atoms with E-state index in [1.165, 1.54) is 6.42 Å². The third-order valence-corrected chi connectivity index (χ3v) is 2.58. The van der Waals surface area contributed by atoms with Crippen LogP contribution >= 0.6 is 0 Å². The summed E-state index contributed by atoms with van der Waals surface area (Å²) in [7, 11) is 0. The molecule has 0 unspecified atom stereocenters. The largest absolute Gasteiger partial charge is 0.337 e. The molecular formula is C11H22N4. The first-order chi connectivity index (χ1) is 7.36. The first-order valence-electron chi connectivity index (χ1n) is 5.75. The van der Waals surface area contributed by atoms with E-state index in [-0.39, 0.29) is 0 Å². The monoisotopic (exact) mass is 210 g/mol. The second-order valence-electron chi connectivity index (χ2n) is 3.73. The number of nitrogens with zero attached hydrogens (tertiary/aromatic N) is 3. The number of nitrogens with two attached hydrogens (primary N) is 1. The summed E-state index contributed by atoms with van der Waals surface area (Å²) in [6.45, 7) is 7.43. The summed E-state index contributed by atoms with van der Waals surface area (Å²) in [5.41, 5.74) is 5.50. The molecule has 1 rings (SSSR count). The number of aryl methyl sites for hydroxylation is 1. The van der Waals surface area contributed by atoms with Crippen molar-refractivity contribution in [1.82, 2.24) is 14.5 Å². The summed E-state index contributed by atoms with van der Waals surface area (Å²) in [4.78, 5) is 6.47. The van der Waals surface area contributed by atoms with Crippen LogP contribution in [0.5, 0.6) is 0 Å². The molecule has 0 aliphatic carbocycles. The Kier molecular flexibility index (Phi) is 6.04. The van der Waals surface area contributed by atoms with Crippen molar-refractivity contribution in [2.45, 2.75) is 26.3 Å². The Hall–Kier alpha value is -0.870. The molecule has 1 aromatic rings. The van der Waals surface area contributed by atoms with Crippen molar-refractivity contribution in [3.63, 3.8) is 0 Å². The summed E-state index contributed by atoms with van der Waals surface area (Å²) < 4.78 is 2.12. The number of hydrogen-bond donors (Lipinski definition) is 1. The lowest BCUT2D eigenvalue weighted by molar-refractivity contribution is 0.277. The number of hydrogen-bond acceptors (Lipinski definition) is 3. The molecule has 0 radical (unpaired) electrons. The molecule has 0 aliphatic heterocycles. The van der Waals surface area contributed by atoms with Crippen molar-refractivity contribution in [2.24, 2.45) is 5.73 Å². The molecule has 0 spiro atoms. The SMILES string of the molecule is CCN(CCCN)CCCn1ccnc1. The van der Waals surface area contributed by atoms with E-state index < -0.39 is 0 Å². The average Bonchev–Trinajstić information content (AvgIpc) is 2.76. The van der Waals surface area contributed by atoms with Crippen LogP contribution in [0.3, 0.4) is 0 Å². The lowest BCUT2D eigenvalue weighted by Crippen LogP contribution is -2.27. The van der Waals surface area contributed by atoms with Crippen molar-refractivity contribution in [3.05, 3.63) is 18.7 Å². The molecule has 0 saturated heterocycles. The fourth-order valence-corrected chi connectivity index (χ4v) is 1.64. The van der Waals surface area contributed by atoms with Crippen molar-refractivity contribution in [2.75, 3.05) is 26.2 Å². The Morgan fingerprint density at radius 1 is 1.33 bits per heavy atom. The van der Waals surface area contributed by atoms with Crippen LogP contribution in [0.25, 0.3) is 0 Å². The van der Waals surface area contributed by atoms with Gasteiger partial charge in [0.15, 0.2) is 0 Å². The van der Waals surface area contributed by atoms with Gasteiger partial charge < -0.3 is 15.2 Å². The molecule has 4 heteroatoms. The predicted molar refractivity (Wildman–Crippen MR) is 62.6 cm³/mol. The van der Waals surface area contributed by atoms with Gasteiger partial charge in [-0.1, -0.05) is 6.92 Å². The normalized spacial score (nSPS) is 11.1. The fraction of sp³-hybridized carbons (Fsp3) is 0.727. The maximum Gasteiger partial charge on any atom is 0.0945 e. The Morgan fingerprint density at radius 3 is 2.73 bits per heavy atom. The Bertz CT molecular complexity index is 233. The van der Waals surface area contributed by atoms with Crippen LogP contribution in [0.15, 0.2) is 18.7 Å². The van der Waals surface area contributed by atoms with E-state index >= 15 is 0 Å². The molecule has 0 amide bonds. The van der Waals surface area contributed by atoms with E-state index in [0.29, 0.717) is 0 Å². The highest BCUT2D eigenvalue weighted by Crippen LogP contribution is 1.96. The van der Waals surface area contributed by atoms with Crippen LogP contribution in [0.1, 0.15) is 19.8 Å². The van der Waals surface area contributed by atoms with Gasteiger partial charge in [0, 0.05) is 18.9 Å². The molecule has 1 aromatic heterocycles. The molecular weight excluding hydrogens is 188 g/mol. The highest BCUT2D eigenvalue weighted by atomic mass is 15.1. The third-order valence-electron chi connectivity index (χ3n) is 2.58. The molecule has 86 valence electrons. The molecule has 0 aromatic carbocycles. The van der Waals surface area contributed by atoms with Crippen LogP contribution in [0, 0.1) is 0 Å². The van der Waals surface area contributed by atoms with E-state index in [1.807, 2.05) is 18.7 Å². The van der Waals surface area contributed by atoms with Gasteiger partial charge in [-0.3, -0.25) is 0 Å². The zero-order chi connectivity index (χ0) is 10.9. The first-order valence-corrected chi connectivity index (χ1v) is 5.75. The van der Waals surface area contributed by atoms with Crippen molar-refractivity contribution in [3.8, 4) is 0 Å². The van der Waals surface area contributed by atoms with Gasteiger partial charge in [0.05, 0.1) is 6.33 Å². The van der Waals surface area contributed by atoms with E-state index in [1.54, 1.807) is 0 Å². The van der Waals surface area contributed by atoms with Crippen molar-refractivity contribution >= 4 is 0 Å². The van der Waals surface area contributed by atoms with Crippen LogP contribution in [0.2, 0.25) is 0 Å². The zero-order valence-corrected chi connectivity index (χ0v) is 9.60. The minimum atomic E-state index is 0.790. The van der Waals surface area contributed by atoms with Gasteiger partial charge in [-0.15, -0.1) is 0 Å². The quantitative estimate of drug-likeness (QED) is 0.695. The standard InChI is InChI=1S/C11H22N4/c1-2-14(7-3-5-12)8-4-9-15-10-6-13-11-15/h6,10-11H,2-5,7-9,12H2,1H3. The summed E-state index contributed by atoms with van der Waals surface area (Å²) in [6, 6.07) is 0. The lowest BCUT2D eigenvalue weighted by Gasteiger charge is -2.19. The summed E-state index contributed by atoms with van der Waals surface area (Å²) in [5.74, 6) is 0. The molecule has 0 saturated carbocycles. The van der Waals surface area contributed by atoms with Gasteiger partial charge in [-0.25, -0.2) is 4.98 Å². The van der Waals surface area contributed by atoms with E-state index in [4.69, 9.17) is 5.73 Å². The highest BCUT2D eigenvalue weighted by Gasteiger charge is 2.00. The Labute approximate surface area is 92.1 Å². The summed E-state index contributed by atoms with van der Waals surface area (Å²) in [5, 5.41) is 0. The lowest BCUT2D eigenvalue weighted by atomic mass is 10.3. The van der Waals surface area contributed by atoms with Crippen LogP contribution in [-0.4, -0.2) is 40.6 Å². The fourth-order valence-electron chi connectivity index (χ4n) is 1.64. The smallest absolute Gasteiger partial charge is 0.0945 e. The number of imidazole rings is 1. The number of aromatic nitrogens is 2. The molecule has 15 heavy (non-hydrogen) atoms. The number of rotatable bonds is 8. The van der Waals surface area contributed by atoms with Crippen LogP contribution in [-0.2, 0) is 6.54 Å². The first kappa shape index (κ1) is 12.2. The Morgan fingerprint density at radius 2 is 2.13 bits per heavy atom. The molecule has 0 bridgehead atoms. The van der Waals surface area contributed by atoms with Crippen LogP contribution < -0.4 is 5.73 Å². The molecule has 4 nitrogen and oxygen atoms in total. The Balaban J connectivity index is 2.11. The van der Waals surface area contributed by atoms with Gasteiger partial charge in [-0.05, 0) is 39.0 Å². The molecule has 0 fully saturated rings. The molecule has 2 N–H and O–H groups in total. The van der Waals surface area contributed by atoms with Gasteiger partial charge in [0.2, 0.25) is 0 Å². The summed E-state index contributed by atoms with van der Waals surface area (Å²) in [6.07, 6.45) is 7.98. The van der Waals surface area contributed by atoms with Gasteiger partial charge in [-0.2, -0.15) is 0 Å². The van der Waals surface area contributed by atoms with Gasteiger partial charge in [0.1, 0.15) is 0 Å². The second-order valence-corrected chi connectivity index (χ2v) is 3.73.